The summed E-state index contributed by atoms with van der Waals surface area (Å²) in [6, 6.07) is 0. The van der Waals surface area contributed by atoms with Crippen molar-refractivity contribution in [1.82, 2.24) is 0 Å². The molecule has 0 aliphatic heterocycles. The molecule has 0 aromatic heterocycles. The fraction of sp³-hybridized carbons (Fsp3) is 0. The first kappa shape index (κ1) is 36.3. The van der Waals surface area contributed by atoms with Gasteiger partial charge in [-0.2, -0.15) is 0 Å². The van der Waals surface area contributed by atoms with E-state index in [1.165, 1.54) is 23.7 Å². The first-order chi connectivity index (χ1) is 14.9. The van der Waals surface area contributed by atoms with Gasteiger partial charge in [-0.15, -0.1) is 0 Å². The molecular weight excluding hydrogens is 630 g/mol. The summed E-state index contributed by atoms with van der Waals surface area (Å²) >= 11 is 0. The van der Waals surface area contributed by atoms with Crippen LogP contribution in [0, 0.1) is 75.5 Å². The monoisotopic (exact) mass is 644 g/mol. The zero-order valence-corrected chi connectivity index (χ0v) is 19.4. The average Bonchev–Trinajstić information content (AvgIpc) is 3.38. The summed E-state index contributed by atoms with van der Waals surface area (Å²) in [5.74, 6) is 5.32. The van der Waals surface area contributed by atoms with Gasteiger partial charge in [-0.05, 0) is 38.5 Å². The molecule has 2 saturated carbocycles. The van der Waals surface area contributed by atoms with Gasteiger partial charge in [0.15, 0.2) is 0 Å². The molecule has 13 heteroatoms. The van der Waals surface area contributed by atoms with Gasteiger partial charge in [0.2, 0.25) is 0 Å². The van der Waals surface area contributed by atoms with Crippen molar-refractivity contribution in [1.29, 1.82) is 0 Å². The van der Waals surface area contributed by atoms with E-state index < -0.39 is 14.5 Å². The van der Waals surface area contributed by atoms with E-state index in [4.69, 9.17) is 9.30 Å². The molecule has 0 aromatic carbocycles. The molecule has 2 nitrogen and oxygen atoms in total. The Labute approximate surface area is 203 Å². The van der Waals surface area contributed by atoms with E-state index in [9.17, 15) is 34.5 Å². The van der Waals surface area contributed by atoms with Gasteiger partial charge >= 0.3 is 37.1 Å². The summed E-state index contributed by atoms with van der Waals surface area (Å²) in [7, 11) is -12.0. The molecule has 176 valence electrons. The molecule has 0 saturated heterocycles. The molecule has 2 fully saturated rings. The average molecular weight is 644 g/mol. The molecule has 0 aromatic rings. The minimum atomic E-state index is -6.00. The van der Waals surface area contributed by atoms with E-state index in [1.54, 1.807) is 0 Å². The Hall–Kier alpha value is -1.30. The third-order valence-electron chi connectivity index (χ3n) is 3.10. The van der Waals surface area contributed by atoms with Crippen molar-refractivity contribution in [2.75, 3.05) is 0 Å². The van der Waals surface area contributed by atoms with E-state index in [0.717, 1.165) is 0 Å². The number of hydrogen-bond acceptors (Lipinski definition) is 0. The van der Waals surface area contributed by atoms with Crippen LogP contribution in [0.3, 0.4) is 0 Å². The number of allylic oxidation sites excluding steroid dienone is 8. The van der Waals surface area contributed by atoms with Gasteiger partial charge in [-0.25, -0.2) is 0 Å². The van der Waals surface area contributed by atoms with Crippen LogP contribution in [0.4, 0.5) is 34.5 Å². The molecule has 0 spiro atoms. The summed E-state index contributed by atoms with van der Waals surface area (Å²) in [6.07, 6.45) is 29.3. The molecule has 0 bridgehead atoms. The predicted molar refractivity (Wildman–Crippen MR) is 104 cm³/mol. The largest absolute Gasteiger partial charge is 0.0762 e. The minimum Gasteiger partial charge on any atom is -0.0762 e. The third kappa shape index (κ3) is 23.6. The van der Waals surface area contributed by atoms with Gasteiger partial charge in [0.25, 0.3) is 0 Å². The van der Waals surface area contributed by atoms with Crippen molar-refractivity contribution in [2.45, 2.75) is 0 Å². The second kappa shape index (κ2) is 20.1. The van der Waals surface area contributed by atoms with Crippen molar-refractivity contribution in [3.8, 4) is 0 Å². The molecule has 4 aliphatic rings. The maximum atomic E-state index is 9.75. The predicted octanol–water partition coefficient (Wildman–Crippen LogP) is 6.30. The quantitative estimate of drug-likeness (QED) is 0.129. The van der Waals surface area contributed by atoms with Crippen molar-refractivity contribution in [2.24, 2.45) is 0 Å². The topological polar surface area (TPSA) is 39.8 Å². The van der Waals surface area contributed by atoms with Crippen LogP contribution in [-0.4, -0.2) is 14.5 Å². The van der Waals surface area contributed by atoms with E-state index >= 15 is 0 Å². The van der Waals surface area contributed by atoms with Crippen LogP contribution in [0.5, 0.6) is 0 Å². The van der Waals surface area contributed by atoms with Crippen molar-refractivity contribution < 1.29 is 64.9 Å². The van der Waals surface area contributed by atoms with Gasteiger partial charge < -0.3 is 34.5 Å². The zero-order chi connectivity index (χ0) is 25.2. The Bertz CT molecular complexity index is 554. The summed E-state index contributed by atoms with van der Waals surface area (Å²) in [5, 5.41) is 0. The molecule has 0 N–H and O–H groups in total. The van der Waals surface area contributed by atoms with Crippen molar-refractivity contribution >= 4 is 14.5 Å². The Balaban J connectivity index is -0.000000355. The minimum absolute atomic E-state index is 0. The van der Waals surface area contributed by atoms with Crippen molar-refractivity contribution in [3.05, 3.63) is 124 Å². The Kier molecular flexibility index (Phi) is 22.1. The molecule has 0 unspecified atom stereocenters. The van der Waals surface area contributed by atoms with Crippen LogP contribution in [0.1, 0.15) is 0 Å². The Morgan fingerprint density at radius 1 is 0.455 bits per heavy atom. The molecule has 0 atom stereocenters. The van der Waals surface area contributed by atoms with Crippen LogP contribution in [-0.2, 0) is 30.4 Å². The van der Waals surface area contributed by atoms with Crippen LogP contribution in [0.25, 0.3) is 0 Å². The molecule has 0 amide bonds. The number of halogens is 8. The second-order valence-electron chi connectivity index (χ2n) is 5.30. The molecule has 4 rings (SSSR count). The van der Waals surface area contributed by atoms with E-state index in [0.29, 0.717) is 0 Å². The molecule has 10 radical (unpaired) electrons. The fourth-order valence-electron chi connectivity index (χ4n) is 2.14. The number of hydrogen-bond donors (Lipinski definition) is 0. The third-order valence-corrected chi connectivity index (χ3v) is 3.10. The Morgan fingerprint density at radius 2 is 0.606 bits per heavy atom. The first-order valence-electron chi connectivity index (χ1n) is 8.30. The summed E-state index contributed by atoms with van der Waals surface area (Å²) in [6.45, 7) is 9.00. The number of fused-ring (bicyclic) bond motifs is 2. The van der Waals surface area contributed by atoms with E-state index in [-0.39, 0.29) is 21.1 Å². The molecule has 4 aliphatic carbocycles. The smallest absolute Gasteiger partial charge is 0.0124 e. The summed E-state index contributed by atoms with van der Waals surface area (Å²) in [4.78, 5) is 0. The SMILES string of the molecule is F[B-](F)(F)F.F[B-](F)(F)F.[C-]#[O+].[C-]#[O+].[CH]1[CH][C]2C=CC=C[C]2[CH]1.[CH]1[CH][C]2C=CC=C[C]2[CH]1.[W]. The van der Waals surface area contributed by atoms with Gasteiger partial charge in [0, 0.05) is 44.7 Å². The van der Waals surface area contributed by atoms with Crippen LogP contribution >= 0.6 is 0 Å². The van der Waals surface area contributed by atoms with Crippen LogP contribution < -0.4 is 0 Å². The van der Waals surface area contributed by atoms with Gasteiger partial charge in [0.1, 0.15) is 0 Å². The summed E-state index contributed by atoms with van der Waals surface area (Å²) in [5.41, 5.74) is 0. The molecule has 0 heterocycles. The Morgan fingerprint density at radius 3 is 0.758 bits per heavy atom. The van der Waals surface area contributed by atoms with Gasteiger partial charge in [0.05, 0.1) is 0 Å². The first-order valence-corrected chi connectivity index (χ1v) is 8.30. The molecule has 33 heavy (non-hydrogen) atoms. The van der Waals surface area contributed by atoms with Crippen molar-refractivity contribution in [3.63, 3.8) is 0 Å². The van der Waals surface area contributed by atoms with Crippen LogP contribution in [0.2, 0.25) is 0 Å². The second-order valence-corrected chi connectivity index (χ2v) is 5.30. The zero-order valence-electron chi connectivity index (χ0n) is 16.5. The molecular formula is C20H14B2F8O2W-2. The van der Waals surface area contributed by atoms with Gasteiger partial charge in [-0.3, -0.25) is 0 Å². The standard InChI is InChI=1S/2C9H7.2CO.2BF4.W/c2*1-2-5-9-7-3-6-8(9)4-1;2*1-2;2*2-1(3,4)5;/h2*1-7H;;;;;/q;;;;2*-1;. The number of rotatable bonds is 0. The van der Waals surface area contributed by atoms with Crippen LogP contribution in [0.15, 0.2) is 48.6 Å². The maximum Gasteiger partial charge on any atom is 0.0124 e. The fourth-order valence-corrected chi connectivity index (χ4v) is 2.14. The normalized spacial score (nSPS) is 18.5. The van der Waals surface area contributed by atoms with E-state index in [2.05, 4.69) is 100 Å². The summed E-state index contributed by atoms with van der Waals surface area (Å²) < 4.78 is 93.0. The van der Waals surface area contributed by atoms with Gasteiger partial charge in [-0.1, -0.05) is 48.6 Å². The van der Waals surface area contributed by atoms with E-state index in [1.807, 2.05) is 0 Å². The maximum absolute atomic E-state index is 9.75.